The number of aliphatic carboxylic acids is 1. The Labute approximate surface area is 101 Å². The van der Waals surface area contributed by atoms with Gasteiger partial charge in [-0.2, -0.15) is 0 Å². The molecular weight excluding hydrogens is 276 g/mol. The van der Waals surface area contributed by atoms with Crippen LogP contribution in [0.4, 0.5) is 0 Å². The Morgan fingerprint density at radius 3 is 2.81 bits per heavy atom. The number of carboxylic acids is 1. The number of hydrogen-bond acceptors (Lipinski definition) is 3. The van der Waals surface area contributed by atoms with Crippen molar-refractivity contribution in [3.05, 3.63) is 28.5 Å². The zero-order chi connectivity index (χ0) is 12.1. The van der Waals surface area contributed by atoms with Crippen LogP contribution in [-0.2, 0) is 16.0 Å². The van der Waals surface area contributed by atoms with Gasteiger partial charge in [-0.05, 0) is 27.6 Å². The van der Waals surface area contributed by atoms with Crippen LogP contribution in [-0.4, -0.2) is 28.0 Å². The van der Waals surface area contributed by atoms with Gasteiger partial charge in [-0.1, -0.05) is 6.07 Å². The molecular formula is C10H11BrN2O3. The SMILES string of the molecule is CC(=O)N[C@@H](Cc1cccnc1Br)C(=O)O. The number of halogens is 1. The second-order valence-corrected chi connectivity index (χ2v) is 4.00. The summed E-state index contributed by atoms with van der Waals surface area (Å²) in [5.74, 6) is -1.43. The minimum Gasteiger partial charge on any atom is -0.480 e. The van der Waals surface area contributed by atoms with Crippen molar-refractivity contribution in [3.8, 4) is 0 Å². The molecule has 1 rings (SSSR count). The molecule has 0 radical (unpaired) electrons. The van der Waals surface area contributed by atoms with Gasteiger partial charge in [-0.15, -0.1) is 0 Å². The maximum atomic E-state index is 10.9. The lowest BCUT2D eigenvalue weighted by Crippen LogP contribution is -2.41. The summed E-state index contributed by atoms with van der Waals surface area (Å²) in [4.78, 5) is 25.7. The number of rotatable bonds is 4. The first-order valence-corrected chi connectivity index (χ1v) is 5.39. The Bertz CT molecular complexity index is 409. The molecule has 0 aliphatic rings. The van der Waals surface area contributed by atoms with Gasteiger partial charge in [0.05, 0.1) is 0 Å². The number of carbonyl (C=O) groups excluding carboxylic acids is 1. The van der Waals surface area contributed by atoms with E-state index in [9.17, 15) is 9.59 Å². The standard InChI is InChI=1S/C10H11BrN2O3/c1-6(14)13-8(10(15)16)5-7-3-2-4-12-9(7)11/h2-4,8H,5H2,1H3,(H,13,14)(H,15,16)/t8-/m0/s1. The van der Waals surface area contributed by atoms with Crippen molar-refractivity contribution in [2.45, 2.75) is 19.4 Å². The van der Waals surface area contributed by atoms with E-state index in [1.165, 1.54) is 6.92 Å². The van der Waals surface area contributed by atoms with E-state index >= 15 is 0 Å². The molecule has 1 amide bonds. The molecule has 1 aromatic rings. The first kappa shape index (κ1) is 12.6. The zero-order valence-electron chi connectivity index (χ0n) is 8.61. The third-order valence-corrected chi connectivity index (χ3v) is 2.65. The second-order valence-electron chi connectivity index (χ2n) is 3.25. The van der Waals surface area contributed by atoms with Crippen LogP contribution in [0.15, 0.2) is 22.9 Å². The van der Waals surface area contributed by atoms with Crippen molar-refractivity contribution < 1.29 is 14.7 Å². The molecule has 0 fully saturated rings. The highest BCUT2D eigenvalue weighted by Crippen LogP contribution is 2.14. The van der Waals surface area contributed by atoms with Gasteiger partial charge in [0.25, 0.3) is 0 Å². The van der Waals surface area contributed by atoms with Crippen LogP contribution in [0, 0.1) is 0 Å². The average Bonchev–Trinajstić information content (AvgIpc) is 2.19. The van der Waals surface area contributed by atoms with Gasteiger partial charge < -0.3 is 10.4 Å². The summed E-state index contributed by atoms with van der Waals surface area (Å²) < 4.78 is 0.589. The molecule has 0 unspecified atom stereocenters. The Hall–Kier alpha value is -1.43. The van der Waals surface area contributed by atoms with Crippen LogP contribution in [0.2, 0.25) is 0 Å². The molecule has 0 aromatic carbocycles. The van der Waals surface area contributed by atoms with E-state index in [2.05, 4.69) is 26.2 Å². The van der Waals surface area contributed by atoms with Gasteiger partial charge in [0, 0.05) is 19.5 Å². The predicted octanol–water partition coefficient (Wildman–Crippen LogP) is 0.976. The Morgan fingerprint density at radius 2 is 2.31 bits per heavy atom. The molecule has 0 saturated heterocycles. The predicted molar refractivity (Wildman–Crippen MR) is 60.9 cm³/mol. The quantitative estimate of drug-likeness (QED) is 0.809. The van der Waals surface area contributed by atoms with Crippen LogP contribution in [0.3, 0.4) is 0 Å². The highest BCUT2D eigenvalue weighted by Gasteiger charge is 2.19. The molecule has 0 bridgehead atoms. The van der Waals surface area contributed by atoms with Gasteiger partial charge in [0.1, 0.15) is 10.6 Å². The summed E-state index contributed by atoms with van der Waals surface area (Å²) in [6.07, 6.45) is 1.80. The third kappa shape index (κ3) is 3.62. The average molecular weight is 287 g/mol. The third-order valence-electron chi connectivity index (χ3n) is 1.94. The molecule has 0 aliphatic heterocycles. The largest absolute Gasteiger partial charge is 0.480 e. The van der Waals surface area contributed by atoms with Crippen LogP contribution in [0.5, 0.6) is 0 Å². The highest BCUT2D eigenvalue weighted by atomic mass is 79.9. The number of amides is 1. The van der Waals surface area contributed by atoms with Crippen molar-refractivity contribution >= 4 is 27.8 Å². The minimum absolute atomic E-state index is 0.198. The minimum atomic E-state index is -1.06. The maximum Gasteiger partial charge on any atom is 0.326 e. The molecule has 16 heavy (non-hydrogen) atoms. The summed E-state index contributed by atoms with van der Waals surface area (Å²) in [6.45, 7) is 1.29. The summed E-state index contributed by atoms with van der Waals surface area (Å²) in [6, 6.07) is 2.54. The Balaban J connectivity index is 2.80. The van der Waals surface area contributed by atoms with Gasteiger partial charge in [0.2, 0.25) is 5.91 Å². The second kappa shape index (κ2) is 5.60. The number of aromatic nitrogens is 1. The molecule has 2 N–H and O–H groups in total. The van der Waals surface area contributed by atoms with Crippen LogP contribution < -0.4 is 5.32 Å². The number of nitrogens with one attached hydrogen (secondary N) is 1. The lowest BCUT2D eigenvalue weighted by atomic mass is 10.1. The summed E-state index contributed by atoms with van der Waals surface area (Å²) in [7, 11) is 0. The molecule has 0 spiro atoms. The Kier molecular flexibility index (Phi) is 4.42. The molecule has 86 valence electrons. The van der Waals surface area contributed by atoms with E-state index in [0.29, 0.717) is 4.60 Å². The first-order valence-electron chi connectivity index (χ1n) is 4.60. The van der Waals surface area contributed by atoms with Crippen molar-refractivity contribution in [3.63, 3.8) is 0 Å². The number of hydrogen-bond donors (Lipinski definition) is 2. The van der Waals surface area contributed by atoms with Crippen molar-refractivity contribution in [2.75, 3.05) is 0 Å². The lowest BCUT2D eigenvalue weighted by Gasteiger charge is -2.13. The van der Waals surface area contributed by atoms with Crippen molar-refractivity contribution in [2.24, 2.45) is 0 Å². The van der Waals surface area contributed by atoms with Crippen LogP contribution in [0.25, 0.3) is 0 Å². The lowest BCUT2D eigenvalue weighted by molar-refractivity contribution is -0.141. The number of carbonyl (C=O) groups is 2. The van der Waals surface area contributed by atoms with E-state index in [0.717, 1.165) is 5.56 Å². The van der Waals surface area contributed by atoms with Crippen LogP contribution >= 0.6 is 15.9 Å². The van der Waals surface area contributed by atoms with E-state index in [-0.39, 0.29) is 12.3 Å². The van der Waals surface area contributed by atoms with Crippen molar-refractivity contribution in [1.29, 1.82) is 0 Å². The zero-order valence-corrected chi connectivity index (χ0v) is 10.2. The molecule has 5 nitrogen and oxygen atoms in total. The number of pyridine rings is 1. The van der Waals surface area contributed by atoms with Crippen molar-refractivity contribution in [1.82, 2.24) is 10.3 Å². The van der Waals surface area contributed by atoms with E-state index < -0.39 is 12.0 Å². The van der Waals surface area contributed by atoms with E-state index in [1.807, 2.05) is 0 Å². The fraction of sp³-hybridized carbons (Fsp3) is 0.300. The fourth-order valence-electron chi connectivity index (χ4n) is 1.24. The number of carboxylic acid groups (broad SMARTS) is 1. The van der Waals surface area contributed by atoms with Crippen LogP contribution in [0.1, 0.15) is 12.5 Å². The molecule has 1 heterocycles. The van der Waals surface area contributed by atoms with Gasteiger partial charge in [-0.3, -0.25) is 4.79 Å². The first-order chi connectivity index (χ1) is 7.50. The smallest absolute Gasteiger partial charge is 0.326 e. The monoisotopic (exact) mass is 286 g/mol. The Morgan fingerprint density at radius 1 is 1.62 bits per heavy atom. The fourth-order valence-corrected chi connectivity index (χ4v) is 1.65. The molecule has 1 aromatic heterocycles. The number of nitrogens with zero attached hydrogens (tertiary/aromatic N) is 1. The van der Waals surface area contributed by atoms with E-state index in [4.69, 9.17) is 5.11 Å². The topological polar surface area (TPSA) is 79.3 Å². The maximum absolute atomic E-state index is 10.9. The van der Waals surface area contributed by atoms with E-state index in [1.54, 1.807) is 18.3 Å². The normalized spacial score (nSPS) is 11.9. The highest BCUT2D eigenvalue weighted by molar-refractivity contribution is 9.10. The summed E-state index contributed by atoms with van der Waals surface area (Å²) in [5, 5.41) is 11.3. The molecule has 1 atom stereocenters. The van der Waals surface area contributed by atoms with Gasteiger partial charge in [-0.25, -0.2) is 9.78 Å². The molecule has 6 heteroatoms. The molecule has 0 saturated carbocycles. The van der Waals surface area contributed by atoms with Gasteiger partial charge in [0.15, 0.2) is 0 Å². The molecule has 0 aliphatic carbocycles. The summed E-state index contributed by atoms with van der Waals surface area (Å²) >= 11 is 3.22. The van der Waals surface area contributed by atoms with Gasteiger partial charge >= 0.3 is 5.97 Å². The summed E-state index contributed by atoms with van der Waals surface area (Å²) in [5.41, 5.74) is 0.739.